The molecule has 1 fully saturated rings. The minimum atomic E-state index is -0.691. The van der Waals surface area contributed by atoms with Crippen molar-refractivity contribution in [2.45, 2.75) is 89.9 Å². The van der Waals surface area contributed by atoms with Crippen molar-refractivity contribution in [2.24, 2.45) is 29.4 Å². The Morgan fingerprint density at radius 1 is 1.06 bits per heavy atom. The number of hydrogen-bond donors (Lipinski definition) is 3. The summed E-state index contributed by atoms with van der Waals surface area (Å²) in [4.78, 5) is 11.7. The number of aliphatic carboxylic acids is 1. The van der Waals surface area contributed by atoms with Crippen LogP contribution in [0.2, 0.25) is 0 Å². The van der Waals surface area contributed by atoms with Crippen molar-refractivity contribution in [2.75, 3.05) is 20.1 Å². The zero-order chi connectivity index (χ0) is 24.4. The van der Waals surface area contributed by atoms with E-state index < -0.39 is 5.97 Å². The molecule has 1 aliphatic carbocycles. The van der Waals surface area contributed by atoms with Crippen molar-refractivity contribution in [1.82, 2.24) is 5.32 Å². The topological polar surface area (TPSA) is 75.3 Å². The normalized spacial score (nSPS) is 17.6. The van der Waals surface area contributed by atoms with Crippen molar-refractivity contribution >= 4 is 5.97 Å². The van der Waals surface area contributed by atoms with Gasteiger partial charge in [0, 0.05) is 6.42 Å². The van der Waals surface area contributed by atoms with Gasteiger partial charge in [-0.15, -0.1) is 0 Å². The lowest BCUT2D eigenvalue weighted by Crippen LogP contribution is -2.34. The van der Waals surface area contributed by atoms with Crippen LogP contribution in [0.4, 0.5) is 0 Å². The van der Waals surface area contributed by atoms with Crippen LogP contribution in [-0.2, 0) is 11.2 Å². The van der Waals surface area contributed by atoms with Gasteiger partial charge in [0.25, 0.3) is 0 Å². The van der Waals surface area contributed by atoms with Crippen LogP contribution >= 0.6 is 0 Å². The number of carbonyl (C=O) groups is 1. The first-order valence-electron chi connectivity index (χ1n) is 13.9. The van der Waals surface area contributed by atoms with Crippen molar-refractivity contribution in [1.29, 1.82) is 0 Å². The summed E-state index contributed by atoms with van der Waals surface area (Å²) in [6.45, 7) is 1.55. The Balaban J connectivity index is 1.87. The van der Waals surface area contributed by atoms with Gasteiger partial charge in [-0.25, -0.2) is 0 Å². The van der Waals surface area contributed by atoms with Gasteiger partial charge in [0.05, 0.1) is 0 Å². The Morgan fingerprint density at radius 3 is 2.47 bits per heavy atom. The zero-order valence-corrected chi connectivity index (χ0v) is 21.6. The maximum atomic E-state index is 11.7. The molecule has 4 nitrogen and oxygen atoms in total. The number of benzene rings is 1. The van der Waals surface area contributed by atoms with Gasteiger partial charge in [-0.05, 0) is 101 Å². The monoisotopic (exact) mass is 470 g/mol. The van der Waals surface area contributed by atoms with Crippen LogP contribution in [0.25, 0.3) is 0 Å². The van der Waals surface area contributed by atoms with Gasteiger partial charge in [-0.2, -0.15) is 0 Å². The van der Waals surface area contributed by atoms with E-state index in [1.54, 1.807) is 0 Å². The van der Waals surface area contributed by atoms with E-state index in [0.717, 1.165) is 51.0 Å². The quantitative estimate of drug-likeness (QED) is 0.167. The first-order chi connectivity index (χ1) is 16.6. The molecule has 1 saturated carbocycles. The number of unbranched alkanes of at least 4 members (excludes halogenated alkanes) is 1. The Morgan fingerprint density at radius 2 is 1.79 bits per heavy atom. The fourth-order valence-electron chi connectivity index (χ4n) is 6.01. The third-order valence-corrected chi connectivity index (χ3v) is 7.84. The Hall–Kier alpha value is -1.65. The predicted octanol–water partition coefficient (Wildman–Crippen LogP) is 6.60. The highest BCUT2D eigenvalue weighted by molar-refractivity contribution is 5.67. The van der Waals surface area contributed by atoms with Crippen molar-refractivity contribution in [3.05, 3.63) is 48.0 Å². The van der Waals surface area contributed by atoms with Gasteiger partial charge in [0.1, 0.15) is 0 Å². The second-order valence-corrected chi connectivity index (χ2v) is 10.4. The SMILES string of the molecule is CNCC(CCCC=CCCC1CCCCC1)C(CCN)C(CCc1ccccc1)CC(=O)O. The number of hydrogen-bond acceptors (Lipinski definition) is 3. The fourth-order valence-corrected chi connectivity index (χ4v) is 6.01. The van der Waals surface area contributed by atoms with E-state index in [0.29, 0.717) is 18.4 Å². The molecule has 0 aromatic heterocycles. The maximum absolute atomic E-state index is 11.7. The molecule has 34 heavy (non-hydrogen) atoms. The molecule has 3 unspecified atom stereocenters. The van der Waals surface area contributed by atoms with E-state index in [9.17, 15) is 9.90 Å². The summed E-state index contributed by atoms with van der Waals surface area (Å²) in [5.41, 5.74) is 7.32. The van der Waals surface area contributed by atoms with Gasteiger partial charge < -0.3 is 16.2 Å². The summed E-state index contributed by atoms with van der Waals surface area (Å²) in [6.07, 6.45) is 20.9. The zero-order valence-electron chi connectivity index (χ0n) is 21.6. The Kier molecular flexibility index (Phi) is 14.9. The van der Waals surface area contributed by atoms with Crippen LogP contribution in [0.1, 0.15) is 89.0 Å². The van der Waals surface area contributed by atoms with Gasteiger partial charge >= 0.3 is 5.97 Å². The summed E-state index contributed by atoms with van der Waals surface area (Å²) < 4.78 is 0. The molecule has 0 aliphatic heterocycles. The van der Waals surface area contributed by atoms with Gasteiger partial charge in [-0.3, -0.25) is 4.79 Å². The molecular formula is C30H50N2O2. The van der Waals surface area contributed by atoms with E-state index >= 15 is 0 Å². The number of carboxylic acids is 1. The van der Waals surface area contributed by atoms with Crippen LogP contribution < -0.4 is 11.1 Å². The highest BCUT2D eigenvalue weighted by atomic mass is 16.4. The van der Waals surface area contributed by atoms with E-state index in [1.807, 2.05) is 13.1 Å². The van der Waals surface area contributed by atoms with Crippen LogP contribution in [0.3, 0.4) is 0 Å². The Labute approximate surface area is 208 Å². The molecule has 3 atom stereocenters. The first-order valence-corrected chi connectivity index (χ1v) is 13.9. The second-order valence-electron chi connectivity index (χ2n) is 10.4. The number of carboxylic acid groups (broad SMARTS) is 1. The third kappa shape index (κ3) is 11.7. The summed E-state index contributed by atoms with van der Waals surface area (Å²) >= 11 is 0. The van der Waals surface area contributed by atoms with E-state index in [-0.39, 0.29) is 12.3 Å². The molecule has 1 aromatic rings. The maximum Gasteiger partial charge on any atom is 0.303 e. The largest absolute Gasteiger partial charge is 0.481 e. The molecule has 1 aliphatic rings. The number of nitrogens with two attached hydrogens (primary N) is 1. The summed E-state index contributed by atoms with van der Waals surface area (Å²) in [6, 6.07) is 10.4. The van der Waals surface area contributed by atoms with Gasteiger partial charge in [0.2, 0.25) is 0 Å². The molecule has 4 N–H and O–H groups in total. The average molecular weight is 471 g/mol. The lowest BCUT2D eigenvalue weighted by Gasteiger charge is -2.33. The number of nitrogens with one attached hydrogen (secondary N) is 1. The van der Waals surface area contributed by atoms with Crippen molar-refractivity contribution in [3.63, 3.8) is 0 Å². The van der Waals surface area contributed by atoms with E-state index in [4.69, 9.17) is 5.73 Å². The number of rotatable bonds is 18. The van der Waals surface area contributed by atoms with Gasteiger partial charge in [0.15, 0.2) is 0 Å². The molecule has 0 bridgehead atoms. The standard InChI is InChI=1S/C30H50N2O2/c1-32-24-28(18-12-4-2-3-7-13-25-14-8-5-9-15-25)29(21-22-31)27(23-30(33)34)20-19-26-16-10-6-11-17-26/h2-3,6,10-11,16-17,25,27-29,32H,4-5,7-9,12-15,18-24,31H2,1H3,(H,33,34). The highest BCUT2D eigenvalue weighted by Crippen LogP contribution is 2.34. The molecule has 0 saturated heterocycles. The lowest BCUT2D eigenvalue weighted by atomic mass is 9.73. The molecule has 0 radical (unpaired) electrons. The molecule has 0 heterocycles. The average Bonchev–Trinajstić information content (AvgIpc) is 2.85. The molecule has 4 heteroatoms. The third-order valence-electron chi connectivity index (χ3n) is 7.84. The summed E-state index contributed by atoms with van der Waals surface area (Å²) in [7, 11) is 2.01. The molecule has 192 valence electrons. The van der Waals surface area contributed by atoms with Crippen LogP contribution in [-0.4, -0.2) is 31.2 Å². The van der Waals surface area contributed by atoms with Crippen molar-refractivity contribution < 1.29 is 9.90 Å². The summed E-state index contributed by atoms with van der Waals surface area (Å²) in [5.74, 6) is 1.23. The number of allylic oxidation sites excluding steroid dienone is 2. The molecular weight excluding hydrogens is 420 g/mol. The first kappa shape index (κ1) is 28.6. The van der Waals surface area contributed by atoms with Crippen LogP contribution in [0.15, 0.2) is 42.5 Å². The smallest absolute Gasteiger partial charge is 0.303 e. The predicted molar refractivity (Wildman–Crippen MR) is 144 cm³/mol. The molecule has 0 spiro atoms. The fraction of sp³-hybridized carbons (Fsp3) is 0.700. The van der Waals surface area contributed by atoms with Crippen molar-refractivity contribution in [3.8, 4) is 0 Å². The Bertz CT molecular complexity index is 670. The summed E-state index contributed by atoms with van der Waals surface area (Å²) in [5, 5.41) is 13.0. The van der Waals surface area contributed by atoms with Crippen LogP contribution in [0, 0.1) is 23.7 Å². The minimum absolute atomic E-state index is 0.158. The molecule has 0 amide bonds. The molecule has 2 rings (SSSR count). The van der Waals surface area contributed by atoms with Gasteiger partial charge in [-0.1, -0.05) is 74.6 Å². The van der Waals surface area contributed by atoms with E-state index in [1.165, 1.54) is 50.5 Å². The minimum Gasteiger partial charge on any atom is -0.481 e. The lowest BCUT2D eigenvalue weighted by molar-refractivity contribution is -0.138. The molecule has 1 aromatic carbocycles. The number of aryl methyl sites for hydroxylation is 1. The second kappa shape index (κ2) is 17.7. The highest BCUT2D eigenvalue weighted by Gasteiger charge is 2.29. The van der Waals surface area contributed by atoms with Crippen LogP contribution in [0.5, 0.6) is 0 Å². The van der Waals surface area contributed by atoms with E-state index in [2.05, 4.69) is 41.7 Å².